The largest absolute Gasteiger partial charge is 0.494 e. The topological polar surface area (TPSA) is 46.5 Å². The zero-order chi connectivity index (χ0) is 12.1. The predicted molar refractivity (Wildman–Crippen MR) is 53.5 cm³/mol. The maximum absolute atomic E-state index is 13.5. The highest BCUT2D eigenvalue weighted by molar-refractivity contribution is 5.66. The maximum atomic E-state index is 13.5. The second-order valence-electron chi connectivity index (χ2n) is 3.29. The van der Waals surface area contributed by atoms with Crippen LogP contribution < -0.4 is 4.74 Å². The normalized spacial score (nSPS) is 10.2. The summed E-state index contributed by atoms with van der Waals surface area (Å²) >= 11 is 0. The first-order valence-electron chi connectivity index (χ1n) is 4.79. The Morgan fingerprint density at radius 2 is 2.12 bits per heavy atom. The molecule has 1 rings (SSSR count). The van der Waals surface area contributed by atoms with Crippen molar-refractivity contribution < 1.29 is 23.4 Å². The molecule has 0 fully saturated rings. The van der Waals surface area contributed by atoms with Crippen molar-refractivity contribution in [3.05, 3.63) is 29.3 Å². The van der Waals surface area contributed by atoms with Gasteiger partial charge in [-0.15, -0.1) is 0 Å². The van der Waals surface area contributed by atoms with E-state index in [0.717, 1.165) is 6.07 Å². The van der Waals surface area contributed by atoms with E-state index in [4.69, 9.17) is 9.84 Å². The molecule has 1 N–H and O–H groups in total. The molecular weight excluding hydrogens is 218 g/mol. The molecule has 0 saturated heterocycles. The Morgan fingerprint density at radius 3 is 2.69 bits per heavy atom. The van der Waals surface area contributed by atoms with Crippen molar-refractivity contribution in [1.82, 2.24) is 0 Å². The Kier molecular flexibility index (Phi) is 4.22. The molecule has 5 heteroatoms. The first kappa shape index (κ1) is 12.4. The molecule has 0 spiro atoms. The number of methoxy groups -OCH3 is 1. The molecule has 0 radical (unpaired) electrons. The van der Waals surface area contributed by atoms with E-state index >= 15 is 0 Å². The highest BCUT2D eigenvalue weighted by Gasteiger charge is 2.14. The first-order valence-corrected chi connectivity index (χ1v) is 4.79. The Bertz CT molecular complexity index is 391. The zero-order valence-electron chi connectivity index (χ0n) is 8.80. The summed E-state index contributed by atoms with van der Waals surface area (Å²) in [6.07, 6.45) is 0.119. The van der Waals surface area contributed by atoms with Crippen LogP contribution in [-0.4, -0.2) is 18.2 Å². The monoisotopic (exact) mass is 230 g/mol. The summed E-state index contributed by atoms with van der Waals surface area (Å²) in [5, 5.41) is 8.42. The van der Waals surface area contributed by atoms with E-state index < -0.39 is 17.6 Å². The van der Waals surface area contributed by atoms with Gasteiger partial charge < -0.3 is 9.84 Å². The lowest BCUT2D eigenvalue weighted by Gasteiger charge is -2.07. The van der Waals surface area contributed by atoms with E-state index in [0.29, 0.717) is 0 Å². The number of halogens is 2. The molecule has 0 amide bonds. The van der Waals surface area contributed by atoms with Crippen LogP contribution in [0.2, 0.25) is 0 Å². The fourth-order valence-corrected chi connectivity index (χ4v) is 1.38. The highest BCUT2D eigenvalue weighted by atomic mass is 19.1. The summed E-state index contributed by atoms with van der Waals surface area (Å²) in [4.78, 5) is 10.3. The molecule has 16 heavy (non-hydrogen) atoms. The summed E-state index contributed by atoms with van der Waals surface area (Å²) in [6.45, 7) is 0. The van der Waals surface area contributed by atoms with E-state index in [2.05, 4.69) is 0 Å². The molecule has 0 saturated carbocycles. The van der Waals surface area contributed by atoms with Gasteiger partial charge in [-0.1, -0.05) is 0 Å². The van der Waals surface area contributed by atoms with Crippen LogP contribution in [0.25, 0.3) is 0 Å². The SMILES string of the molecule is COc1ccc(F)c(CCCC(=O)O)c1F. The van der Waals surface area contributed by atoms with Crippen LogP contribution in [0.5, 0.6) is 5.75 Å². The number of benzene rings is 1. The van der Waals surface area contributed by atoms with Crippen molar-refractivity contribution in [3.8, 4) is 5.75 Å². The number of carbonyl (C=O) groups is 1. The van der Waals surface area contributed by atoms with Crippen LogP contribution in [0.3, 0.4) is 0 Å². The molecule has 0 bridgehead atoms. The van der Waals surface area contributed by atoms with Crippen LogP contribution in [0.15, 0.2) is 12.1 Å². The molecule has 0 atom stereocenters. The van der Waals surface area contributed by atoms with Crippen molar-refractivity contribution in [2.75, 3.05) is 7.11 Å². The smallest absolute Gasteiger partial charge is 0.303 e. The lowest BCUT2D eigenvalue weighted by Crippen LogP contribution is -2.01. The van der Waals surface area contributed by atoms with E-state index in [1.165, 1.54) is 13.2 Å². The van der Waals surface area contributed by atoms with E-state index in [-0.39, 0.29) is 30.6 Å². The molecule has 0 aliphatic carbocycles. The van der Waals surface area contributed by atoms with Crippen LogP contribution in [0, 0.1) is 11.6 Å². The van der Waals surface area contributed by atoms with Gasteiger partial charge in [0, 0.05) is 12.0 Å². The van der Waals surface area contributed by atoms with Crippen molar-refractivity contribution in [3.63, 3.8) is 0 Å². The van der Waals surface area contributed by atoms with Crippen molar-refractivity contribution in [2.45, 2.75) is 19.3 Å². The Labute approximate surface area is 91.7 Å². The molecule has 0 aromatic heterocycles. The van der Waals surface area contributed by atoms with Gasteiger partial charge in [0.2, 0.25) is 0 Å². The van der Waals surface area contributed by atoms with E-state index in [9.17, 15) is 13.6 Å². The molecule has 1 aromatic rings. The summed E-state index contributed by atoms with van der Waals surface area (Å²) in [5.41, 5.74) is -0.124. The van der Waals surface area contributed by atoms with Crippen LogP contribution >= 0.6 is 0 Å². The minimum absolute atomic E-state index is 0.0354. The number of carboxylic acids is 1. The maximum Gasteiger partial charge on any atom is 0.303 e. The van der Waals surface area contributed by atoms with Crippen molar-refractivity contribution in [2.24, 2.45) is 0 Å². The number of aliphatic carboxylic acids is 1. The molecule has 0 aliphatic rings. The molecule has 0 unspecified atom stereocenters. The molecule has 3 nitrogen and oxygen atoms in total. The minimum Gasteiger partial charge on any atom is -0.494 e. The van der Waals surface area contributed by atoms with Gasteiger partial charge in [0.05, 0.1) is 7.11 Å². The number of carboxylic acid groups (broad SMARTS) is 1. The molecule has 88 valence electrons. The average Bonchev–Trinajstić information content (AvgIpc) is 2.23. The number of hydrogen-bond donors (Lipinski definition) is 1. The average molecular weight is 230 g/mol. The summed E-state index contributed by atoms with van der Waals surface area (Å²) < 4.78 is 31.5. The molecule has 0 heterocycles. The quantitative estimate of drug-likeness (QED) is 0.844. The Hall–Kier alpha value is -1.65. The van der Waals surface area contributed by atoms with E-state index in [1.54, 1.807) is 0 Å². The van der Waals surface area contributed by atoms with Crippen LogP contribution in [-0.2, 0) is 11.2 Å². The molecule has 0 aliphatic heterocycles. The third-order valence-electron chi connectivity index (χ3n) is 2.19. The van der Waals surface area contributed by atoms with Crippen LogP contribution in [0.1, 0.15) is 18.4 Å². The number of ether oxygens (including phenoxy) is 1. The Morgan fingerprint density at radius 1 is 1.44 bits per heavy atom. The number of rotatable bonds is 5. The minimum atomic E-state index is -0.983. The molecular formula is C11H12F2O3. The summed E-state index contributed by atoms with van der Waals surface area (Å²) in [7, 11) is 1.29. The van der Waals surface area contributed by atoms with Gasteiger partial charge in [0.25, 0.3) is 0 Å². The fraction of sp³-hybridized carbons (Fsp3) is 0.364. The fourth-order valence-electron chi connectivity index (χ4n) is 1.38. The Balaban J connectivity index is 2.81. The zero-order valence-corrected chi connectivity index (χ0v) is 8.80. The summed E-state index contributed by atoms with van der Waals surface area (Å²) in [6, 6.07) is 2.31. The predicted octanol–water partition coefficient (Wildman–Crippen LogP) is 2.38. The summed E-state index contributed by atoms with van der Waals surface area (Å²) in [5.74, 6) is -2.45. The number of hydrogen-bond acceptors (Lipinski definition) is 2. The lowest BCUT2D eigenvalue weighted by atomic mass is 10.1. The lowest BCUT2D eigenvalue weighted by molar-refractivity contribution is -0.137. The second kappa shape index (κ2) is 5.44. The van der Waals surface area contributed by atoms with Gasteiger partial charge in [0.15, 0.2) is 11.6 Å². The van der Waals surface area contributed by atoms with Gasteiger partial charge >= 0.3 is 5.97 Å². The first-order chi connectivity index (χ1) is 7.56. The van der Waals surface area contributed by atoms with Gasteiger partial charge in [-0.3, -0.25) is 4.79 Å². The van der Waals surface area contributed by atoms with Crippen molar-refractivity contribution >= 4 is 5.97 Å². The van der Waals surface area contributed by atoms with E-state index in [1.807, 2.05) is 0 Å². The van der Waals surface area contributed by atoms with Gasteiger partial charge in [-0.25, -0.2) is 8.78 Å². The third-order valence-corrected chi connectivity index (χ3v) is 2.19. The second-order valence-corrected chi connectivity index (χ2v) is 3.29. The molecule has 1 aromatic carbocycles. The third kappa shape index (κ3) is 2.92. The van der Waals surface area contributed by atoms with Gasteiger partial charge in [0.1, 0.15) is 5.82 Å². The highest BCUT2D eigenvalue weighted by Crippen LogP contribution is 2.24. The van der Waals surface area contributed by atoms with Crippen LogP contribution in [0.4, 0.5) is 8.78 Å². The van der Waals surface area contributed by atoms with Gasteiger partial charge in [-0.2, -0.15) is 0 Å². The van der Waals surface area contributed by atoms with Gasteiger partial charge in [-0.05, 0) is 25.0 Å². The van der Waals surface area contributed by atoms with Crippen molar-refractivity contribution in [1.29, 1.82) is 0 Å². The standard InChI is InChI=1S/C11H12F2O3/c1-16-9-6-5-8(12)7(11(9)13)3-2-4-10(14)15/h5-6H,2-4H2,1H3,(H,14,15).